The Bertz CT molecular complexity index is 436. The second-order valence-corrected chi connectivity index (χ2v) is 5.26. The molecule has 18 heavy (non-hydrogen) atoms. The highest BCUT2D eigenvalue weighted by atomic mass is 35.5. The number of amides is 1. The van der Waals surface area contributed by atoms with Crippen molar-refractivity contribution >= 4 is 17.5 Å². The molecule has 1 saturated heterocycles. The van der Waals surface area contributed by atoms with Gasteiger partial charge in [0.15, 0.2) is 0 Å². The molecule has 1 aromatic heterocycles. The van der Waals surface area contributed by atoms with E-state index in [9.17, 15) is 4.79 Å². The Labute approximate surface area is 113 Å². The summed E-state index contributed by atoms with van der Waals surface area (Å²) in [6, 6.07) is 3.77. The van der Waals surface area contributed by atoms with Gasteiger partial charge in [-0.25, -0.2) is 4.98 Å². The number of nitrogens with zero attached hydrogens (tertiary/aromatic N) is 3. The van der Waals surface area contributed by atoms with Crippen molar-refractivity contribution in [1.29, 1.82) is 0 Å². The van der Waals surface area contributed by atoms with Crippen LogP contribution in [0, 0.1) is 0 Å². The third kappa shape index (κ3) is 2.82. The first-order chi connectivity index (χ1) is 8.59. The normalized spacial score (nSPS) is 19.6. The standard InChI is InChI=1S/C13H18ClN3O/c1-16(2)9-10-5-4-8-17(10)13(18)11-6-3-7-15-12(11)14/h3,6-7,10H,4-5,8-9H2,1-2H3. The van der Waals surface area contributed by atoms with Crippen LogP contribution in [0.1, 0.15) is 23.2 Å². The second kappa shape index (κ2) is 5.67. The van der Waals surface area contributed by atoms with E-state index in [0.29, 0.717) is 5.56 Å². The summed E-state index contributed by atoms with van der Waals surface area (Å²) in [5.74, 6) is -0.00236. The summed E-state index contributed by atoms with van der Waals surface area (Å²) in [7, 11) is 4.05. The first kappa shape index (κ1) is 13.3. The minimum Gasteiger partial charge on any atom is -0.334 e. The van der Waals surface area contributed by atoms with E-state index in [1.54, 1.807) is 18.3 Å². The molecule has 1 amide bonds. The fourth-order valence-electron chi connectivity index (χ4n) is 2.41. The van der Waals surface area contributed by atoms with Crippen molar-refractivity contribution in [3.8, 4) is 0 Å². The molecule has 0 N–H and O–H groups in total. The molecule has 1 unspecified atom stereocenters. The highest BCUT2D eigenvalue weighted by Crippen LogP contribution is 2.22. The van der Waals surface area contributed by atoms with Crippen molar-refractivity contribution in [1.82, 2.24) is 14.8 Å². The molecule has 0 bridgehead atoms. The molecule has 2 rings (SSSR count). The first-order valence-electron chi connectivity index (χ1n) is 6.16. The number of likely N-dealkylation sites (N-methyl/N-ethyl adjacent to an activating group) is 1. The summed E-state index contributed by atoms with van der Waals surface area (Å²) in [6.45, 7) is 1.70. The summed E-state index contributed by atoms with van der Waals surface area (Å²) >= 11 is 5.98. The molecule has 98 valence electrons. The molecular weight excluding hydrogens is 250 g/mol. The van der Waals surface area contributed by atoms with E-state index in [-0.39, 0.29) is 17.1 Å². The molecule has 1 aliphatic rings. The number of aromatic nitrogens is 1. The molecule has 1 aromatic rings. The largest absolute Gasteiger partial charge is 0.334 e. The fourth-order valence-corrected chi connectivity index (χ4v) is 2.61. The SMILES string of the molecule is CN(C)CC1CCCN1C(=O)c1cccnc1Cl. The van der Waals surface area contributed by atoms with E-state index in [0.717, 1.165) is 25.9 Å². The van der Waals surface area contributed by atoms with Gasteiger partial charge >= 0.3 is 0 Å². The van der Waals surface area contributed by atoms with Crippen LogP contribution >= 0.6 is 11.6 Å². The van der Waals surface area contributed by atoms with Crippen LogP contribution in [0.2, 0.25) is 5.15 Å². The van der Waals surface area contributed by atoms with Gasteiger partial charge in [0.2, 0.25) is 0 Å². The number of halogens is 1. The Balaban J connectivity index is 2.15. The van der Waals surface area contributed by atoms with Crippen molar-refractivity contribution in [2.24, 2.45) is 0 Å². The van der Waals surface area contributed by atoms with Gasteiger partial charge < -0.3 is 9.80 Å². The third-order valence-corrected chi connectivity index (χ3v) is 3.50. The van der Waals surface area contributed by atoms with Crippen LogP contribution < -0.4 is 0 Å². The third-order valence-electron chi connectivity index (χ3n) is 3.20. The molecule has 1 atom stereocenters. The minimum absolute atomic E-state index is 0.00236. The van der Waals surface area contributed by atoms with E-state index < -0.39 is 0 Å². The number of carbonyl (C=O) groups is 1. The second-order valence-electron chi connectivity index (χ2n) is 4.90. The minimum atomic E-state index is -0.00236. The maximum Gasteiger partial charge on any atom is 0.257 e. The van der Waals surface area contributed by atoms with Crippen LogP contribution in [0.5, 0.6) is 0 Å². The zero-order valence-corrected chi connectivity index (χ0v) is 11.5. The number of rotatable bonds is 3. The highest BCUT2D eigenvalue weighted by Gasteiger charge is 2.30. The molecule has 1 aliphatic heterocycles. The lowest BCUT2D eigenvalue weighted by atomic mass is 10.2. The summed E-state index contributed by atoms with van der Waals surface area (Å²) in [4.78, 5) is 20.4. The Morgan fingerprint density at radius 3 is 3.06 bits per heavy atom. The summed E-state index contributed by atoms with van der Waals surface area (Å²) in [5, 5.41) is 0.290. The lowest BCUT2D eigenvalue weighted by molar-refractivity contribution is 0.0716. The van der Waals surface area contributed by atoms with E-state index in [4.69, 9.17) is 11.6 Å². The number of carbonyl (C=O) groups excluding carboxylic acids is 1. The zero-order valence-electron chi connectivity index (χ0n) is 10.8. The van der Waals surface area contributed by atoms with Crippen molar-refractivity contribution in [2.45, 2.75) is 18.9 Å². The topological polar surface area (TPSA) is 36.4 Å². The Hall–Kier alpha value is -1.13. The molecule has 1 fully saturated rings. The van der Waals surface area contributed by atoms with Crippen molar-refractivity contribution < 1.29 is 4.79 Å². The van der Waals surface area contributed by atoms with E-state index in [1.807, 2.05) is 19.0 Å². The quantitative estimate of drug-likeness (QED) is 0.785. The maximum atomic E-state index is 12.4. The molecule has 4 nitrogen and oxygen atoms in total. The molecule has 0 spiro atoms. The van der Waals surface area contributed by atoms with Crippen molar-refractivity contribution in [3.05, 3.63) is 29.0 Å². The van der Waals surface area contributed by atoms with Gasteiger partial charge in [0.25, 0.3) is 5.91 Å². The summed E-state index contributed by atoms with van der Waals surface area (Å²) < 4.78 is 0. The lowest BCUT2D eigenvalue weighted by Gasteiger charge is -2.27. The molecule has 5 heteroatoms. The van der Waals surface area contributed by atoms with Gasteiger partial charge in [-0.1, -0.05) is 11.6 Å². The van der Waals surface area contributed by atoms with Crippen molar-refractivity contribution in [3.63, 3.8) is 0 Å². The summed E-state index contributed by atoms with van der Waals surface area (Å²) in [5.41, 5.74) is 0.504. The van der Waals surface area contributed by atoms with Crippen LogP contribution in [-0.4, -0.2) is 53.9 Å². The van der Waals surface area contributed by atoms with Crippen LogP contribution in [0.25, 0.3) is 0 Å². The fraction of sp³-hybridized carbons (Fsp3) is 0.538. The average molecular weight is 268 g/mol. The smallest absolute Gasteiger partial charge is 0.257 e. The Kier molecular flexibility index (Phi) is 4.19. The molecular formula is C13H18ClN3O. The van der Waals surface area contributed by atoms with Gasteiger partial charge in [0.05, 0.1) is 5.56 Å². The van der Waals surface area contributed by atoms with Gasteiger partial charge in [-0.15, -0.1) is 0 Å². The Morgan fingerprint density at radius 2 is 2.39 bits per heavy atom. The zero-order chi connectivity index (χ0) is 13.1. The van der Waals surface area contributed by atoms with Gasteiger partial charge in [0.1, 0.15) is 5.15 Å². The Morgan fingerprint density at radius 1 is 1.61 bits per heavy atom. The predicted molar refractivity (Wildman–Crippen MR) is 71.9 cm³/mol. The van der Waals surface area contributed by atoms with Crippen molar-refractivity contribution in [2.75, 3.05) is 27.2 Å². The van der Waals surface area contributed by atoms with Gasteiger partial charge in [-0.2, -0.15) is 0 Å². The van der Waals surface area contributed by atoms with Gasteiger partial charge in [0, 0.05) is 25.3 Å². The number of hydrogen-bond donors (Lipinski definition) is 0. The number of likely N-dealkylation sites (tertiary alicyclic amines) is 1. The monoisotopic (exact) mass is 267 g/mol. The number of hydrogen-bond acceptors (Lipinski definition) is 3. The first-order valence-corrected chi connectivity index (χ1v) is 6.53. The predicted octanol–water partition coefficient (Wildman–Crippen LogP) is 1.90. The van der Waals surface area contributed by atoms with Gasteiger partial charge in [-0.05, 0) is 39.1 Å². The van der Waals surface area contributed by atoms with Crippen LogP contribution in [0.4, 0.5) is 0 Å². The molecule has 0 saturated carbocycles. The van der Waals surface area contributed by atoms with Gasteiger partial charge in [-0.3, -0.25) is 4.79 Å². The van der Waals surface area contributed by atoms with Crippen LogP contribution in [-0.2, 0) is 0 Å². The van der Waals surface area contributed by atoms with E-state index in [1.165, 1.54) is 0 Å². The average Bonchev–Trinajstić information content (AvgIpc) is 2.76. The molecule has 0 radical (unpaired) electrons. The summed E-state index contributed by atoms with van der Waals surface area (Å²) in [6.07, 6.45) is 3.71. The molecule has 0 aromatic carbocycles. The number of pyridine rings is 1. The van der Waals surface area contributed by atoms with E-state index in [2.05, 4.69) is 9.88 Å². The van der Waals surface area contributed by atoms with Crippen LogP contribution in [0.15, 0.2) is 18.3 Å². The van der Waals surface area contributed by atoms with E-state index >= 15 is 0 Å². The maximum absolute atomic E-state index is 12.4. The lowest BCUT2D eigenvalue weighted by Crippen LogP contribution is -2.41. The molecule has 2 heterocycles. The highest BCUT2D eigenvalue weighted by molar-refractivity contribution is 6.32. The molecule has 0 aliphatic carbocycles. The van der Waals surface area contributed by atoms with Crippen LogP contribution in [0.3, 0.4) is 0 Å².